The van der Waals surface area contributed by atoms with Crippen molar-refractivity contribution in [3.63, 3.8) is 0 Å². The second kappa shape index (κ2) is 4.52. The summed E-state index contributed by atoms with van der Waals surface area (Å²) >= 11 is 0. The summed E-state index contributed by atoms with van der Waals surface area (Å²) in [4.78, 5) is 13.9. The van der Waals surface area contributed by atoms with Crippen LogP contribution in [-0.4, -0.2) is 37.1 Å². The topological polar surface area (TPSA) is 29.5 Å². The van der Waals surface area contributed by atoms with Crippen LogP contribution in [0.5, 0.6) is 0 Å². The van der Waals surface area contributed by atoms with Crippen LogP contribution >= 0.6 is 0 Å². The predicted molar refractivity (Wildman–Crippen MR) is 58.5 cm³/mol. The highest BCUT2D eigenvalue weighted by atomic mass is 16.5. The Kier molecular flexibility index (Phi) is 3.29. The highest BCUT2D eigenvalue weighted by molar-refractivity contribution is 5.69. The molecule has 0 amide bonds. The van der Waals surface area contributed by atoms with Gasteiger partial charge in [-0.1, -0.05) is 0 Å². The summed E-state index contributed by atoms with van der Waals surface area (Å²) < 4.78 is 5.03. The van der Waals surface area contributed by atoms with Crippen LogP contribution in [0.4, 0.5) is 0 Å². The number of hydrogen-bond donors (Lipinski definition) is 0. The third-order valence-corrected chi connectivity index (χ3v) is 3.99. The number of nitrogens with zero attached hydrogens (tertiary/aromatic N) is 1. The summed E-state index contributed by atoms with van der Waals surface area (Å²) in [6.45, 7) is 3.56. The van der Waals surface area contributed by atoms with Crippen LogP contribution in [0.25, 0.3) is 0 Å². The molecule has 0 aromatic heterocycles. The fourth-order valence-corrected chi connectivity index (χ4v) is 3.15. The zero-order valence-corrected chi connectivity index (χ0v) is 9.74. The van der Waals surface area contributed by atoms with Gasteiger partial charge in [-0.2, -0.15) is 0 Å². The Balaban J connectivity index is 1.87. The second-order valence-corrected chi connectivity index (χ2v) is 4.94. The van der Waals surface area contributed by atoms with Crippen molar-refractivity contribution in [1.82, 2.24) is 4.90 Å². The van der Waals surface area contributed by atoms with Gasteiger partial charge >= 0.3 is 5.97 Å². The summed E-state index contributed by atoms with van der Waals surface area (Å²) in [5, 5.41) is 0. The molecule has 2 aliphatic heterocycles. The molecule has 3 rings (SSSR count). The Morgan fingerprint density at radius 1 is 1.47 bits per heavy atom. The zero-order valence-electron chi connectivity index (χ0n) is 9.74. The molecule has 1 saturated carbocycles. The molecule has 2 saturated heterocycles. The third kappa shape index (κ3) is 2.33. The van der Waals surface area contributed by atoms with E-state index in [1.165, 1.54) is 25.8 Å². The van der Waals surface area contributed by atoms with Crippen LogP contribution in [0.3, 0.4) is 0 Å². The number of carbonyl (C=O) groups excluding carboxylic acids is 1. The summed E-state index contributed by atoms with van der Waals surface area (Å²) in [6.07, 6.45) is 4.46. The van der Waals surface area contributed by atoms with Crippen molar-refractivity contribution >= 4 is 5.97 Å². The molecule has 0 radical (unpaired) electrons. The molecule has 2 bridgehead atoms. The molecule has 3 aliphatic rings. The Labute approximate surface area is 91.8 Å². The predicted octanol–water partition coefficient (Wildman–Crippen LogP) is 1.67. The lowest BCUT2D eigenvalue weighted by atomic mass is 9.71. The lowest BCUT2D eigenvalue weighted by molar-refractivity contribution is -0.146. The molecule has 3 unspecified atom stereocenters. The van der Waals surface area contributed by atoms with Gasteiger partial charge in [-0.05, 0) is 45.1 Å². The van der Waals surface area contributed by atoms with E-state index in [1.807, 2.05) is 6.92 Å². The molecular weight excluding hydrogens is 190 g/mol. The number of esters is 1. The fraction of sp³-hybridized carbons (Fsp3) is 0.917. The Morgan fingerprint density at radius 2 is 2.27 bits per heavy atom. The van der Waals surface area contributed by atoms with E-state index in [9.17, 15) is 4.79 Å². The number of carbonyl (C=O) groups is 1. The third-order valence-electron chi connectivity index (χ3n) is 3.99. The van der Waals surface area contributed by atoms with E-state index in [1.54, 1.807) is 0 Å². The van der Waals surface area contributed by atoms with Crippen molar-refractivity contribution in [2.45, 2.75) is 38.6 Å². The summed E-state index contributed by atoms with van der Waals surface area (Å²) in [5.41, 5.74) is 0. The van der Waals surface area contributed by atoms with Gasteiger partial charge in [-0.15, -0.1) is 0 Å². The van der Waals surface area contributed by atoms with Gasteiger partial charge in [0.05, 0.1) is 6.61 Å². The van der Waals surface area contributed by atoms with Gasteiger partial charge in [0.1, 0.15) is 0 Å². The van der Waals surface area contributed by atoms with Crippen molar-refractivity contribution in [3.8, 4) is 0 Å². The molecule has 0 spiro atoms. The smallest absolute Gasteiger partial charge is 0.306 e. The van der Waals surface area contributed by atoms with Gasteiger partial charge in [0.15, 0.2) is 0 Å². The Hall–Kier alpha value is -0.570. The van der Waals surface area contributed by atoms with Gasteiger partial charge in [-0.3, -0.25) is 4.79 Å². The van der Waals surface area contributed by atoms with Crippen LogP contribution in [-0.2, 0) is 9.53 Å². The minimum atomic E-state index is -0.00213. The highest BCUT2D eigenvalue weighted by Crippen LogP contribution is 2.40. The number of hydrogen-bond acceptors (Lipinski definition) is 3. The van der Waals surface area contributed by atoms with E-state index in [0.29, 0.717) is 18.9 Å². The molecule has 15 heavy (non-hydrogen) atoms. The normalized spacial score (nSPS) is 35.5. The summed E-state index contributed by atoms with van der Waals surface area (Å²) in [5.74, 6) is 1.31. The van der Waals surface area contributed by atoms with Gasteiger partial charge in [0, 0.05) is 19.0 Å². The van der Waals surface area contributed by atoms with Crippen LogP contribution in [0.1, 0.15) is 32.6 Å². The van der Waals surface area contributed by atoms with Crippen molar-refractivity contribution < 1.29 is 9.53 Å². The number of piperidine rings is 2. The van der Waals surface area contributed by atoms with Crippen molar-refractivity contribution in [2.75, 3.05) is 20.2 Å². The van der Waals surface area contributed by atoms with Gasteiger partial charge in [-0.25, -0.2) is 0 Å². The van der Waals surface area contributed by atoms with Gasteiger partial charge in [0.2, 0.25) is 0 Å². The molecule has 2 heterocycles. The highest BCUT2D eigenvalue weighted by Gasteiger charge is 2.39. The molecule has 1 aliphatic carbocycles. The van der Waals surface area contributed by atoms with Crippen molar-refractivity contribution in [3.05, 3.63) is 0 Å². The van der Waals surface area contributed by atoms with E-state index in [4.69, 9.17) is 4.74 Å². The van der Waals surface area contributed by atoms with Gasteiger partial charge < -0.3 is 9.64 Å². The first kappa shape index (κ1) is 10.9. The monoisotopic (exact) mass is 211 g/mol. The number of ether oxygens (including phenoxy) is 1. The van der Waals surface area contributed by atoms with Crippen LogP contribution in [0, 0.1) is 11.8 Å². The van der Waals surface area contributed by atoms with Crippen LogP contribution in [0.2, 0.25) is 0 Å². The molecule has 0 N–H and O–H groups in total. The average Bonchev–Trinajstić information content (AvgIpc) is 2.20. The first-order valence-electron chi connectivity index (χ1n) is 6.06. The first-order valence-corrected chi connectivity index (χ1v) is 6.06. The summed E-state index contributed by atoms with van der Waals surface area (Å²) in [7, 11) is 2.21. The molecule has 0 aromatic carbocycles. The molecule has 3 fully saturated rings. The second-order valence-electron chi connectivity index (χ2n) is 4.94. The fourth-order valence-electron chi connectivity index (χ4n) is 3.15. The lowest BCUT2D eigenvalue weighted by Crippen LogP contribution is -2.50. The van der Waals surface area contributed by atoms with E-state index < -0.39 is 0 Å². The van der Waals surface area contributed by atoms with Crippen LogP contribution in [0.15, 0.2) is 0 Å². The Morgan fingerprint density at radius 3 is 2.80 bits per heavy atom. The number of fused-ring (bicyclic) bond motifs is 3. The maximum atomic E-state index is 11.4. The molecule has 86 valence electrons. The maximum Gasteiger partial charge on any atom is 0.306 e. The minimum Gasteiger partial charge on any atom is -0.466 e. The van der Waals surface area contributed by atoms with Crippen LogP contribution < -0.4 is 0 Å². The number of rotatable bonds is 3. The first-order chi connectivity index (χ1) is 7.20. The molecule has 3 nitrogen and oxygen atoms in total. The molecular formula is C12H21NO2. The van der Waals surface area contributed by atoms with Crippen molar-refractivity contribution in [2.24, 2.45) is 11.8 Å². The lowest BCUT2D eigenvalue weighted by Gasteiger charge is -2.48. The molecule has 3 atom stereocenters. The Bertz CT molecular complexity index is 242. The van der Waals surface area contributed by atoms with Gasteiger partial charge in [0.25, 0.3) is 0 Å². The average molecular weight is 211 g/mol. The minimum absolute atomic E-state index is 0.00213. The zero-order chi connectivity index (χ0) is 10.8. The summed E-state index contributed by atoms with van der Waals surface area (Å²) in [6, 6.07) is 0.717. The van der Waals surface area contributed by atoms with Crippen molar-refractivity contribution in [1.29, 1.82) is 0 Å². The standard InChI is InChI=1S/C12H21NO2/c1-3-15-12(14)7-10-6-11-5-4-9(10)8-13(11)2/h9-11H,3-8H2,1-2H3. The quantitative estimate of drug-likeness (QED) is 0.665. The maximum absolute atomic E-state index is 11.4. The molecule has 0 aromatic rings. The molecule has 3 heteroatoms. The SMILES string of the molecule is CCOC(=O)CC1CC2CCC1CN2C. The van der Waals surface area contributed by atoms with E-state index in [2.05, 4.69) is 11.9 Å². The van der Waals surface area contributed by atoms with E-state index in [-0.39, 0.29) is 5.97 Å². The van der Waals surface area contributed by atoms with E-state index in [0.717, 1.165) is 12.0 Å². The largest absolute Gasteiger partial charge is 0.466 e. The van der Waals surface area contributed by atoms with E-state index >= 15 is 0 Å².